The molecule has 9 heteroatoms. The smallest absolute Gasteiger partial charge is 0.408 e. The van der Waals surface area contributed by atoms with Gasteiger partial charge in [-0.25, -0.2) is 4.79 Å². The van der Waals surface area contributed by atoms with Crippen molar-refractivity contribution in [1.82, 2.24) is 10.2 Å². The number of amides is 3. The molecule has 0 heterocycles. The molecule has 9 nitrogen and oxygen atoms in total. The topological polar surface area (TPSA) is 128 Å². The number of aromatic hydroxyl groups is 1. The highest BCUT2D eigenvalue weighted by Gasteiger charge is 2.42. The van der Waals surface area contributed by atoms with Crippen molar-refractivity contribution in [2.45, 2.75) is 63.8 Å². The molecular formula is C30H35N3O6. The summed E-state index contributed by atoms with van der Waals surface area (Å²) in [5, 5.41) is 27.3. The predicted molar refractivity (Wildman–Crippen MR) is 148 cm³/mol. The van der Waals surface area contributed by atoms with Crippen LogP contribution in [0, 0.1) is 0 Å². The summed E-state index contributed by atoms with van der Waals surface area (Å²) in [4.78, 5) is 41.7. The Hall–Kier alpha value is -4.11. The first kappa shape index (κ1) is 27.9. The van der Waals surface area contributed by atoms with Crippen LogP contribution in [0.1, 0.15) is 51.6 Å². The number of phenols is 1. The lowest BCUT2D eigenvalue weighted by Crippen LogP contribution is -2.58. The van der Waals surface area contributed by atoms with E-state index in [1.165, 1.54) is 17.0 Å². The van der Waals surface area contributed by atoms with E-state index < -0.39 is 42.2 Å². The first-order valence-electron chi connectivity index (χ1n) is 13.1. The molecule has 1 aliphatic rings. The van der Waals surface area contributed by atoms with E-state index in [9.17, 15) is 24.6 Å². The van der Waals surface area contributed by atoms with E-state index in [2.05, 4.69) is 10.6 Å². The summed E-state index contributed by atoms with van der Waals surface area (Å²) >= 11 is 0. The predicted octanol–water partition coefficient (Wildman–Crippen LogP) is 4.49. The molecule has 2 atom stereocenters. The van der Waals surface area contributed by atoms with Crippen molar-refractivity contribution in [1.29, 1.82) is 0 Å². The van der Waals surface area contributed by atoms with Gasteiger partial charge in [-0.1, -0.05) is 42.5 Å². The van der Waals surface area contributed by atoms with Gasteiger partial charge in [-0.15, -0.1) is 0 Å². The number of hydrogen-bond acceptors (Lipinski definition) is 6. The van der Waals surface area contributed by atoms with Crippen molar-refractivity contribution in [3.05, 3.63) is 72.3 Å². The highest BCUT2D eigenvalue weighted by Crippen LogP contribution is 2.35. The van der Waals surface area contributed by atoms with Gasteiger partial charge in [0, 0.05) is 11.7 Å². The highest BCUT2D eigenvalue weighted by molar-refractivity contribution is 6.00. The average Bonchev–Trinajstić information content (AvgIpc) is 2.85. The number of hydrogen-bond donors (Lipinski definition) is 4. The normalized spacial score (nSPS) is 15.1. The van der Waals surface area contributed by atoms with Crippen LogP contribution in [0.3, 0.4) is 0 Å². The van der Waals surface area contributed by atoms with Crippen LogP contribution in [-0.4, -0.2) is 57.3 Å². The lowest BCUT2D eigenvalue weighted by molar-refractivity contribution is -0.146. The number of carbonyl (C=O) groups is 3. The highest BCUT2D eigenvalue weighted by atomic mass is 16.6. The summed E-state index contributed by atoms with van der Waals surface area (Å²) in [7, 11) is 0. The van der Waals surface area contributed by atoms with Gasteiger partial charge >= 0.3 is 6.09 Å². The molecule has 1 fully saturated rings. The largest absolute Gasteiger partial charge is 0.508 e. The minimum atomic E-state index is -1.31. The quantitative estimate of drug-likeness (QED) is 0.338. The Labute approximate surface area is 227 Å². The minimum absolute atomic E-state index is 0.0220. The summed E-state index contributed by atoms with van der Waals surface area (Å²) in [6.07, 6.45) is 1.39. The maximum Gasteiger partial charge on any atom is 0.408 e. The van der Waals surface area contributed by atoms with Gasteiger partial charge in [0.25, 0.3) is 5.91 Å². The fourth-order valence-electron chi connectivity index (χ4n) is 4.57. The van der Waals surface area contributed by atoms with Gasteiger partial charge in [0.2, 0.25) is 5.91 Å². The van der Waals surface area contributed by atoms with E-state index in [-0.39, 0.29) is 11.8 Å². The summed E-state index contributed by atoms with van der Waals surface area (Å²) in [6.45, 7) is 4.42. The molecule has 0 aliphatic heterocycles. The Kier molecular flexibility index (Phi) is 8.40. The van der Waals surface area contributed by atoms with E-state index in [4.69, 9.17) is 4.74 Å². The van der Waals surface area contributed by atoms with Crippen molar-refractivity contribution in [3.8, 4) is 5.75 Å². The number of carbonyl (C=O) groups excluding carboxylic acids is 3. The molecule has 4 rings (SSSR count). The number of phenolic OH excluding ortho intramolecular Hbond substituents is 1. The van der Waals surface area contributed by atoms with Crippen molar-refractivity contribution < 1.29 is 29.3 Å². The number of alkyl carbamates (subject to hydrolysis) is 1. The van der Waals surface area contributed by atoms with Crippen LogP contribution in [0.2, 0.25) is 0 Å². The van der Waals surface area contributed by atoms with Gasteiger partial charge in [-0.3, -0.25) is 9.59 Å². The molecule has 0 aromatic heterocycles. The lowest BCUT2D eigenvalue weighted by Gasteiger charge is -2.43. The van der Waals surface area contributed by atoms with Gasteiger partial charge < -0.3 is 30.5 Å². The zero-order valence-corrected chi connectivity index (χ0v) is 22.4. The zero-order valence-electron chi connectivity index (χ0n) is 22.4. The van der Waals surface area contributed by atoms with Gasteiger partial charge in [0.15, 0.2) is 0 Å². The lowest BCUT2D eigenvalue weighted by atomic mass is 9.88. The molecule has 0 spiro atoms. The van der Waals surface area contributed by atoms with Crippen LogP contribution in [0.25, 0.3) is 10.8 Å². The molecule has 4 N–H and O–H groups in total. The number of ether oxygens (including phenoxy) is 1. The number of benzene rings is 3. The van der Waals surface area contributed by atoms with Crippen molar-refractivity contribution >= 4 is 34.4 Å². The van der Waals surface area contributed by atoms with Gasteiger partial charge in [-0.2, -0.15) is 0 Å². The van der Waals surface area contributed by atoms with Crippen LogP contribution >= 0.6 is 0 Å². The van der Waals surface area contributed by atoms with E-state index in [1.807, 2.05) is 36.4 Å². The van der Waals surface area contributed by atoms with Crippen LogP contribution in [0.4, 0.5) is 10.5 Å². The van der Waals surface area contributed by atoms with Crippen LogP contribution in [-0.2, 0) is 14.3 Å². The van der Waals surface area contributed by atoms with E-state index >= 15 is 0 Å². The fraction of sp³-hybridized carbons (Fsp3) is 0.367. The van der Waals surface area contributed by atoms with Crippen LogP contribution in [0.5, 0.6) is 5.75 Å². The minimum Gasteiger partial charge on any atom is -0.508 e. The Morgan fingerprint density at radius 2 is 1.67 bits per heavy atom. The molecule has 1 saturated carbocycles. The number of rotatable bonds is 8. The van der Waals surface area contributed by atoms with Crippen molar-refractivity contribution in [2.75, 3.05) is 11.9 Å². The second kappa shape index (κ2) is 11.7. The molecule has 0 saturated heterocycles. The SMILES string of the molecule is CC(C)(C)OC(=O)NC(CO)C(=O)N(C1CCC1)C(C(=O)Nc1ccc2ccccc2c1)c1ccc(O)cc1. The third-order valence-electron chi connectivity index (χ3n) is 6.65. The van der Waals surface area contributed by atoms with Crippen LogP contribution in [0.15, 0.2) is 66.7 Å². The summed E-state index contributed by atoms with van der Waals surface area (Å²) in [6, 6.07) is 16.8. The maximum absolute atomic E-state index is 13.9. The number of nitrogens with one attached hydrogen (secondary N) is 2. The molecular weight excluding hydrogens is 498 g/mol. The average molecular weight is 534 g/mol. The van der Waals surface area contributed by atoms with Gasteiger partial charge in [0.1, 0.15) is 23.4 Å². The molecule has 0 radical (unpaired) electrons. The summed E-state index contributed by atoms with van der Waals surface area (Å²) < 4.78 is 5.28. The second-order valence-electron chi connectivity index (χ2n) is 10.8. The molecule has 206 valence electrons. The number of fused-ring (bicyclic) bond motifs is 1. The molecule has 3 aromatic rings. The number of aliphatic hydroxyl groups is 1. The molecule has 0 bridgehead atoms. The Bertz CT molecular complexity index is 1330. The number of nitrogens with zero attached hydrogens (tertiary/aromatic N) is 1. The van der Waals surface area contributed by atoms with E-state index in [1.54, 1.807) is 39.0 Å². The number of anilines is 1. The molecule has 2 unspecified atom stereocenters. The Morgan fingerprint density at radius 3 is 2.26 bits per heavy atom. The molecule has 1 aliphatic carbocycles. The first-order valence-corrected chi connectivity index (χ1v) is 13.1. The van der Waals surface area contributed by atoms with Crippen LogP contribution < -0.4 is 10.6 Å². The van der Waals surface area contributed by atoms with E-state index in [0.717, 1.165) is 17.2 Å². The fourth-order valence-corrected chi connectivity index (χ4v) is 4.57. The van der Waals surface area contributed by atoms with E-state index in [0.29, 0.717) is 24.1 Å². The summed E-state index contributed by atoms with van der Waals surface area (Å²) in [5.74, 6) is -1.03. The maximum atomic E-state index is 13.9. The van der Waals surface area contributed by atoms with Gasteiger partial charge in [-0.05, 0) is 80.6 Å². The first-order chi connectivity index (χ1) is 18.6. The summed E-state index contributed by atoms with van der Waals surface area (Å²) in [5.41, 5.74) is 0.254. The Balaban J connectivity index is 1.67. The Morgan fingerprint density at radius 1 is 1.00 bits per heavy atom. The van der Waals surface area contributed by atoms with Gasteiger partial charge in [0.05, 0.1) is 6.61 Å². The second-order valence-corrected chi connectivity index (χ2v) is 10.8. The van der Waals surface area contributed by atoms with Crippen molar-refractivity contribution in [2.24, 2.45) is 0 Å². The monoisotopic (exact) mass is 533 g/mol. The molecule has 39 heavy (non-hydrogen) atoms. The standard InChI is InChI=1S/C30H35N3O6/c1-30(2,3)39-29(38)32-25(18-34)28(37)33(23-9-6-10-23)26(20-12-15-24(35)16-13-20)27(36)31-22-14-11-19-7-4-5-8-21(19)17-22/h4-5,7-8,11-17,23,25-26,34-35H,6,9-10,18H2,1-3H3,(H,31,36)(H,32,38). The zero-order chi connectivity index (χ0) is 28.2. The third-order valence-corrected chi connectivity index (χ3v) is 6.65. The third kappa shape index (κ3) is 6.86. The number of aliphatic hydroxyl groups excluding tert-OH is 1. The molecule has 3 aromatic carbocycles. The van der Waals surface area contributed by atoms with Crippen molar-refractivity contribution in [3.63, 3.8) is 0 Å². The molecule has 3 amide bonds.